The van der Waals surface area contributed by atoms with E-state index < -0.39 is 11.5 Å². The van der Waals surface area contributed by atoms with Crippen LogP contribution in [0.15, 0.2) is 0 Å². The summed E-state index contributed by atoms with van der Waals surface area (Å²) in [6, 6.07) is 0.520. The highest BCUT2D eigenvalue weighted by atomic mass is 16.4. The van der Waals surface area contributed by atoms with Crippen LogP contribution in [0.2, 0.25) is 0 Å². The summed E-state index contributed by atoms with van der Waals surface area (Å²) in [5.74, 6) is -0.877. The molecule has 1 N–H and O–H groups in total. The van der Waals surface area contributed by atoms with Gasteiger partial charge in [-0.1, -0.05) is 0 Å². The van der Waals surface area contributed by atoms with Crippen LogP contribution in [0.5, 0.6) is 0 Å². The minimum atomic E-state index is -0.946. The van der Waals surface area contributed by atoms with Gasteiger partial charge in [-0.3, -0.25) is 4.79 Å². The Hall–Kier alpha value is -1.10. The van der Waals surface area contributed by atoms with Crippen molar-refractivity contribution in [2.24, 2.45) is 0 Å². The SMILES string of the molecule is CC(=O)N(C1CC1)C1(C(=O)O)CCN2CCCC2C1. The van der Waals surface area contributed by atoms with Crippen LogP contribution in [0.3, 0.4) is 0 Å². The lowest BCUT2D eigenvalue weighted by Crippen LogP contribution is -2.63. The lowest BCUT2D eigenvalue weighted by atomic mass is 9.81. The molecule has 2 unspecified atom stereocenters. The number of hydrogen-bond acceptors (Lipinski definition) is 3. The van der Waals surface area contributed by atoms with E-state index in [1.165, 1.54) is 6.92 Å². The fourth-order valence-electron chi connectivity index (χ4n) is 4.00. The van der Waals surface area contributed by atoms with Crippen molar-refractivity contribution < 1.29 is 14.7 Å². The Morgan fingerprint density at radius 2 is 2.00 bits per heavy atom. The molecule has 0 radical (unpaired) electrons. The lowest BCUT2D eigenvalue weighted by Gasteiger charge is -2.47. The average Bonchev–Trinajstić information content (AvgIpc) is 3.06. The van der Waals surface area contributed by atoms with E-state index in [1.807, 2.05) is 0 Å². The van der Waals surface area contributed by atoms with Gasteiger partial charge in [0.1, 0.15) is 5.54 Å². The van der Waals surface area contributed by atoms with Crippen molar-refractivity contribution >= 4 is 11.9 Å². The van der Waals surface area contributed by atoms with Crippen LogP contribution in [0.4, 0.5) is 0 Å². The molecule has 3 aliphatic rings. The molecule has 0 spiro atoms. The predicted molar refractivity (Wildman–Crippen MR) is 69.7 cm³/mol. The zero-order chi connectivity index (χ0) is 13.6. The van der Waals surface area contributed by atoms with Crippen LogP contribution in [-0.4, -0.2) is 57.5 Å². The Labute approximate surface area is 113 Å². The first-order valence-electron chi connectivity index (χ1n) is 7.32. The molecule has 106 valence electrons. The van der Waals surface area contributed by atoms with E-state index in [0.29, 0.717) is 18.9 Å². The van der Waals surface area contributed by atoms with Crippen molar-refractivity contribution in [2.75, 3.05) is 13.1 Å². The second kappa shape index (κ2) is 4.47. The van der Waals surface area contributed by atoms with Crippen molar-refractivity contribution in [3.63, 3.8) is 0 Å². The van der Waals surface area contributed by atoms with E-state index >= 15 is 0 Å². The Balaban J connectivity index is 1.90. The minimum Gasteiger partial charge on any atom is -0.479 e. The van der Waals surface area contributed by atoms with Gasteiger partial charge in [-0.25, -0.2) is 4.79 Å². The Morgan fingerprint density at radius 3 is 2.58 bits per heavy atom. The summed E-state index contributed by atoms with van der Waals surface area (Å²) in [7, 11) is 0. The molecule has 3 fully saturated rings. The topological polar surface area (TPSA) is 60.9 Å². The van der Waals surface area contributed by atoms with Crippen molar-refractivity contribution in [1.82, 2.24) is 9.80 Å². The highest BCUT2D eigenvalue weighted by Gasteiger charge is 2.55. The molecule has 5 nitrogen and oxygen atoms in total. The number of fused-ring (bicyclic) bond motifs is 1. The van der Waals surface area contributed by atoms with Gasteiger partial charge in [-0.05, 0) is 45.1 Å². The predicted octanol–water partition coefficient (Wildman–Crippen LogP) is 1.08. The first kappa shape index (κ1) is 12.9. The fourth-order valence-corrected chi connectivity index (χ4v) is 4.00. The van der Waals surface area contributed by atoms with Crippen molar-refractivity contribution in [2.45, 2.75) is 63.1 Å². The second-order valence-electron chi connectivity index (χ2n) is 6.24. The van der Waals surface area contributed by atoms with E-state index in [4.69, 9.17) is 0 Å². The van der Waals surface area contributed by atoms with Gasteiger partial charge >= 0.3 is 5.97 Å². The third-order valence-electron chi connectivity index (χ3n) is 5.00. The first-order chi connectivity index (χ1) is 9.04. The van der Waals surface area contributed by atoms with Gasteiger partial charge in [0.05, 0.1) is 0 Å². The average molecular weight is 266 g/mol. The van der Waals surface area contributed by atoms with Crippen LogP contribution < -0.4 is 0 Å². The summed E-state index contributed by atoms with van der Waals surface area (Å²) < 4.78 is 0. The second-order valence-corrected chi connectivity index (χ2v) is 6.24. The molecule has 3 rings (SSSR count). The van der Waals surface area contributed by atoms with Crippen LogP contribution in [-0.2, 0) is 9.59 Å². The number of carboxylic acids is 1. The highest BCUT2D eigenvalue weighted by Crippen LogP contribution is 2.42. The monoisotopic (exact) mass is 266 g/mol. The molecule has 19 heavy (non-hydrogen) atoms. The zero-order valence-electron chi connectivity index (χ0n) is 11.5. The van der Waals surface area contributed by atoms with E-state index in [0.717, 1.165) is 38.8 Å². The molecular weight excluding hydrogens is 244 g/mol. The highest BCUT2D eigenvalue weighted by molar-refractivity contribution is 5.87. The minimum absolute atomic E-state index is 0.0728. The maximum absolute atomic E-state index is 12.0. The summed E-state index contributed by atoms with van der Waals surface area (Å²) in [5, 5.41) is 9.79. The van der Waals surface area contributed by atoms with Crippen LogP contribution >= 0.6 is 0 Å². The molecule has 1 saturated carbocycles. The van der Waals surface area contributed by atoms with Gasteiger partial charge in [0.15, 0.2) is 0 Å². The number of carbonyl (C=O) groups excluding carboxylic acids is 1. The number of rotatable bonds is 3. The van der Waals surface area contributed by atoms with Gasteiger partial charge in [-0.15, -0.1) is 0 Å². The van der Waals surface area contributed by atoms with E-state index in [2.05, 4.69) is 4.90 Å². The molecule has 1 aliphatic carbocycles. The third kappa shape index (κ3) is 2.04. The van der Waals surface area contributed by atoms with E-state index in [-0.39, 0.29) is 11.9 Å². The van der Waals surface area contributed by atoms with Gasteiger partial charge in [0.25, 0.3) is 0 Å². The smallest absolute Gasteiger partial charge is 0.329 e. The molecule has 2 atom stereocenters. The Kier molecular flexibility index (Phi) is 3.04. The molecule has 5 heteroatoms. The van der Waals surface area contributed by atoms with Crippen LogP contribution in [0.1, 0.15) is 45.4 Å². The molecule has 0 aromatic heterocycles. The normalized spacial score (nSPS) is 34.9. The lowest BCUT2D eigenvalue weighted by molar-refractivity contribution is -0.164. The maximum Gasteiger partial charge on any atom is 0.329 e. The number of aliphatic carboxylic acids is 1. The van der Waals surface area contributed by atoms with Crippen molar-refractivity contribution in [3.05, 3.63) is 0 Å². The van der Waals surface area contributed by atoms with Crippen LogP contribution in [0, 0.1) is 0 Å². The molecule has 2 saturated heterocycles. The van der Waals surface area contributed by atoms with Gasteiger partial charge < -0.3 is 14.9 Å². The quantitative estimate of drug-likeness (QED) is 0.830. The third-order valence-corrected chi connectivity index (χ3v) is 5.00. The number of nitrogens with zero attached hydrogens (tertiary/aromatic N) is 2. The number of carboxylic acid groups (broad SMARTS) is 1. The molecule has 0 aromatic rings. The van der Waals surface area contributed by atoms with Crippen molar-refractivity contribution in [3.8, 4) is 0 Å². The van der Waals surface area contributed by atoms with Gasteiger partial charge in [0.2, 0.25) is 5.91 Å². The molecular formula is C14H22N2O3. The summed E-state index contributed by atoms with van der Waals surface area (Å²) in [6.07, 6.45) is 5.34. The van der Waals surface area contributed by atoms with Crippen LogP contribution in [0.25, 0.3) is 0 Å². The molecule has 2 heterocycles. The summed E-state index contributed by atoms with van der Waals surface area (Å²) >= 11 is 0. The Morgan fingerprint density at radius 1 is 1.26 bits per heavy atom. The number of amides is 1. The molecule has 0 aromatic carbocycles. The fraction of sp³-hybridized carbons (Fsp3) is 0.857. The summed E-state index contributed by atoms with van der Waals surface area (Å²) in [5.41, 5.74) is -0.946. The Bertz CT molecular complexity index is 407. The summed E-state index contributed by atoms with van der Waals surface area (Å²) in [6.45, 7) is 3.42. The van der Waals surface area contributed by atoms with Gasteiger partial charge in [0, 0.05) is 25.6 Å². The van der Waals surface area contributed by atoms with Gasteiger partial charge in [-0.2, -0.15) is 0 Å². The molecule has 0 bridgehead atoms. The number of carbonyl (C=O) groups is 2. The first-order valence-corrected chi connectivity index (χ1v) is 7.32. The number of piperidine rings is 1. The summed E-state index contributed by atoms with van der Waals surface area (Å²) in [4.78, 5) is 28.0. The maximum atomic E-state index is 12.0. The van der Waals surface area contributed by atoms with Crippen molar-refractivity contribution in [1.29, 1.82) is 0 Å². The largest absolute Gasteiger partial charge is 0.479 e. The molecule has 1 amide bonds. The molecule has 2 aliphatic heterocycles. The zero-order valence-corrected chi connectivity index (χ0v) is 11.5. The van der Waals surface area contributed by atoms with E-state index in [9.17, 15) is 14.7 Å². The standard InChI is InChI=1S/C14H22N2O3/c1-10(17)16(11-4-5-11)14(13(18)19)6-8-15-7-2-3-12(15)9-14/h11-12H,2-9H2,1H3,(H,18,19). The number of hydrogen-bond donors (Lipinski definition) is 1. The van der Waals surface area contributed by atoms with E-state index in [1.54, 1.807) is 4.90 Å².